The van der Waals surface area contributed by atoms with E-state index in [0.29, 0.717) is 43.2 Å². The number of hydrogen-bond donors (Lipinski definition) is 0. The van der Waals surface area contributed by atoms with Crippen molar-refractivity contribution in [2.45, 2.75) is 13.8 Å². The lowest BCUT2D eigenvalue weighted by atomic mass is 10.1. The predicted molar refractivity (Wildman–Crippen MR) is 81.7 cm³/mol. The van der Waals surface area contributed by atoms with Crippen molar-refractivity contribution in [2.75, 3.05) is 31.1 Å². The number of ether oxygens (including phenoxy) is 1. The van der Waals surface area contributed by atoms with E-state index in [-0.39, 0.29) is 11.8 Å². The van der Waals surface area contributed by atoms with Crippen molar-refractivity contribution < 1.29 is 14.3 Å². The van der Waals surface area contributed by atoms with Crippen LogP contribution in [0.4, 0.5) is 5.69 Å². The van der Waals surface area contributed by atoms with E-state index in [1.807, 2.05) is 13.8 Å². The second-order valence-corrected chi connectivity index (χ2v) is 4.70. The molecule has 1 aromatic rings. The maximum atomic E-state index is 12.3. The minimum Gasteiger partial charge on any atom is -0.490 e. The predicted octanol–water partition coefficient (Wildman–Crippen LogP) is 2.08. The second kappa shape index (κ2) is 6.43. The third-order valence-corrected chi connectivity index (χ3v) is 3.56. The van der Waals surface area contributed by atoms with Crippen molar-refractivity contribution in [3.8, 4) is 5.75 Å². The van der Waals surface area contributed by atoms with Gasteiger partial charge in [0.25, 0.3) is 11.8 Å². The van der Waals surface area contributed by atoms with Crippen LogP contribution >= 0.6 is 0 Å². The van der Waals surface area contributed by atoms with E-state index < -0.39 is 0 Å². The fraction of sp³-hybridized carbons (Fsp3) is 0.375. The summed E-state index contributed by atoms with van der Waals surface area (Å²) in [6.45, 7) is 9.62. The molecular formula is C16H20N2O3. The third kappa shape index (κ3) is 2.91. The minimum atomic E-state index is -0.164. The van der Waals surface area contributed by atoms with Crippen LogP contribution in [0.15, 0.2) is 30.9 Å². The quantitative estimate of drug-likeness (QED) is 0.797. The van der Waals surface area contributed by atoms with E-state index in [9.17, 15) is 9.59 Å². The second-order valence-electron chi connectivity index (χ2n) is 4.70. The Labute approximate surface area is 124 Å². The van der Waals surface area contributed by atoms with Gasteiger partial charge in [0.15, 0.2) is 0 Å². The first kappa shape index (κ1) is 15.1. The number of nitrogens with zero attached hydrogens (tertiary/aromatic N) is 2. The van der Waals surface area contributed by atoms with Gasteiger partial charge in [0, 0.05) is 18.7 Å². The summed E-state index contributed by atoms with van der Waals surface area (Å²) >= 11 is 0. The van der Waals surface area contributed by atoms with Gasteiger partial charge >= 0.3 is 0 Å². The normalized spacial score (nSPS) is 13.1. The zero-order valence-electron chi connectivity index (χ0n) is 12.5. The highest BCUT2D eigenvalue weighted by Crippen LogP contribution is 2.33. The van der Waals surface area contributed by atoms with Crippen LogP contribution in [-0.4, -0.2) is 43.0 Å². The number of anilines is 1. The highest BCUT2D eigenvalue weighted by Gasteiger charge is 2.23. The minimum absolute atomic E-state index is 0.0291. The molecule has 0 aromatic heterocycles. The molecule has 112 valence electrons. The standard InChI is InChI=1S/C16H20N2O3/c1-4-15(19)18-9-10-21-14-11-12(7-8-13(14)18)16(20)17(5-2)6-3/h4,7-8,11H,1,5-6,9-10H2,2-3H3. The topological polar surface area (TPSA) is 49.9 Å². The first-order chi connectivity index (χ1) is 10.1. The molecule has 1 aromatic carbocycles. The van der Waals surface area contributed by atoms with Crippen molar-refractivity contribution in [2.24, 2.45) is 0 Å². The van der Waals surface area contributed by atoms with Gasteiger partial charge in [-0.25, -0.2) is 0 Å². The maximum Gasteiger partial charge on any atom is 0.253 e. The zero-order valence-corrected chi connectivity index (χ0v) is 12.5. The summed E-state index contributed by atoms with van der Waals surface area (Å²) in [4.78, 5) is 27.5. The Morgan fingerprint density at radius 2 is 2.10 bits per heavy atom. The van der Waals surface area contributed by atoms with E-state index in [4.69, 9.17) is 4.74 Å². The first-order valence-electron chi connectivity index (χ1n) is 7.12. The van der Waals surface area contributed by atoms with E-state index in [0.717, 1.165) is 0 Å². The van der Waals surface area contributed by atoms with Crippen LogP contribution in [0.1, 0.15) is 24.2 Å². The van der Waals surface area contributed by atoms with Gasteiger partial charge in [-0.3, -0.25) is 9.59 Å². The van der Waals surface area contributed by atoms with Crippen LogP contribution in [0.3, 0.4) is 0 Å². The van der Waals surface area contributed by atoms with Gasteiger partial charge in [0.2, 0.25) is 0 Å². The summed E-state index contributed by atoms with van der Waals surface area (Å²) in [6, 6.07) is 5.20. The summed E-state index contributed by atoms with van der Waals surface area (Å²) in [7, 11) is 0. The Kier molecular flexibility index (Phi) is 4.62. The fourth-order valence-corrected chi connectivity index (χ4v) is 2.39. The molecule has 5 nitrogen and oxygen atoms in total. The summed E-state index contributed by atoms with van der Waals surface area (Å²) in [5.74, 6) is 0.371. The van der Waals surface area contributed by atoms with Crippen molar-refractivity contribution in [1.82, 2.24) is 4.90 Å². The van der Waals surface area contributed by atoms with Gasteiger partial charge in [-0.05, 0) is 38.1 Å². The largest absolute Gasteiger partial charge is 0.490 e. The fourth-order valence-electron chi connectivity index (χ4n) is 2.39. The number of carbonyl (C=O) groups excluding carboxylic acids is 2. The summed E-state index contributed by atoms with van der Waals surface area (Å²) in [6.07, 6.45) is 1.28. The van der Waals surface area contributed by atoms with Crippen molar-refractivity contribution in [3.63, 3.8) is 0 Å². The number of benzene rings is 1. The molecule has 0 bridgehead atoms. The molecule has 0 saturated carbocycles. The summed E-state index contributed by atoms with van der Waals surface area (Å²) in [5.41, 5.74) is 1.26. The van der Waals surface area contributed by atoms with Gasteiger partial charge in [0.05, 0.1) is 12.2 Å². The van der Waals surface area contributed by atoms with E-state index in [1.54, 1.807) is 28.0 Å². The molecular weight excluding hydrogens is 268 g/mol. The van der Waals surface area contributed by atoms with Crippen molar-refractivity contribution in [1.29, 1.82) is 0 Å². The van der Waals surface area contributed by atoms with E-state index >= 15 is 0 Å². The molecule has 1 heterocycles. The molecule has 0 atom stereocenters. The van der Waals surface area contributed by atoms with Gasteiger partial charge < -0.3 is 14.5 Å². The zero-order chi connectivity index (χ0) is 15.4. The molecule has 2 rings (SSSR count). The molecule has 0 radical (unpaired) electrons. The molecule has 0 aliphatic carbocycles. The lowest BCUT2D eigenvalue weighted by Crippen LogP contribution is -2.37. The highest BCUT2D eigenvalue weighted by atomic mass is 16.5. The Hall–Kier alpha value is -2.30. The van der Waals surface area contributed by atoms with E-state index in [2.05, 4.69) is 6.58 Å². The third-order valence-electron chi connectivity index (χ3n) is 3.56. The van der Waals surface area contributed by atoms with Gasteiger partial charge in [-0.15, -0.1) is 0 Å². The summed E-state index contributed by atoms with van der Waals surface area (Å²) in [5, 5.41) is 0. The molecule has 2 amide bonds. The molecule has 1 aliphatic rings. The average Bonchev–Trinajstić information content (AvgIpc) is 2.54. The van der Waals surface area contributed by atoms with Crippen LogP contribution in [0.2, 0.25) is 0 Å². The van der Waals surface area contributed by atoms with Gasteiger partial charge in [0.1, 0.15) is 12.4 Å². The average molecular weight is 288 g/mol. The number of fused-ring (bicyclic) bond motifs is 1. The SMILES string of the molecule is C=CC(=O)N1CCOc2cc(C(=O)N(CC)CC)ccc21. The van der Waals surface area contributed by atoms with Crippen LogP contribution in [0, 0.1) is 0 Å². The molecule has 0 unspecified atom stereocenters. The first-order valence-corrected chi connectivity index (χ1v) is 7.12. The van der Waals surface area contributed by atoms with Gasteiger partial charge in [-0.2, -0.15) is 0 Å². The molecule has 0 saturated heterocycles. The Morgan fingerprint density at radius 3 is 2.71 bits per heavy atom. The Bertz CT molecular complexity index is 565. The smallest absolute Gasteiger partial charge is 0.253 e. The molecule has 5 heteroatoms. The number of rotatable bonds is 4. The van der Waals surface area contributed by atoms with Crippen LogP contribution < -0.4 is 9.64 Å². The van der Waals surface area contributed by atoms with Crippen molar-refractivity contribution >= 4 is 17.5 Å². The number of amides is 2. The molecule has 0 N–H and O–H groups in total. The molecule has 1 aliphatic heterocycles. The van der Waals surface area contributed by atoms with Crippen LogP contribution in [0.25, 0.3) is 0 Å². The lowest BCUT2D eigenvalue weighted by Gasteiger charge is -2.29. The maximum absolute atomic E-state index is 12.3. The molecule has 0 spiro atoms. The van der Waals surface area contributed by atoms with E-state index in [1.165, 1.54) is 6.08 Å². The monoisotopic (exact) mass is 288 g/mol. The van der Waals surface area contributed by atoms with Crippen LogP contribution in [0.5, 0.6) is 5.75 Å². The summed E-state index contributed by atoms with van der Waals surface area (Å²) < 4.78 is 5.59. The Balaban J connectivity index is 2.33. The van der Waals surface area contributed by atoms with Crippen LogP contribution in [-0.2, 0) is 4.79 Å². The highest BCUT2D eigenvalue weighted by molar-refractivity contribution is 6.03. The number of carbonyl (C=O) groups is 2. The molecule has 21 heavy (non-hydrogen) atoms. The lowest BCUT2D eigenvalue weighted by molar-refractivity contribution is -0.114. The Morgan fingerprint density at radius 1 is 1.38 bits per heavy atom. The number of hydrogen-bond acceptors (Lipinski definition) is 3. The van der Waals surface area contributed by atoms with Gasteiger partial charge in [-0.1, -0.05) is 6.58 Å². The molecule has 0 fully saturated rings. The van der Waals surface area contributed by atoms with Crippen molar-refractivity contribution in [3.05, 3.63) is 36.4 Å².